The number of hydrogen-bond acceptors (Lipinski definition) is 8. The van der Waals surface area contributed by atoms with Crippen LogP contribution in [-0.4, -0.2) is 68.3 Å². The Morgan fingerprint density at radius 1 is 0.676 bits per heavy atom. The third kappa shape index (κ3) is 4.59. The Kier molecular flexibility index (Phi) is 6.16. The van der Waals surface area contributed by atoms with Crippen LogP contribution in [-0.2, 0) is 9.59 Å². The first kappa shape index (κ1) is 22.3. The number of nitrogens with zero attached hydrogens (tertiary/aromatic N) is 4. The van der Waals surface area contributed by atoms with E-state index in [0.29, 0.717) is 57.5 Å². The van der Waals surface area contributed by atoms with E-state index in [2.05, 4.69) is 9.98 Å². The Hall–Kier alpha value is -3.50. The number of hydrogen-bond donors (Lipinski definition) is 2. The molecular formula is C24H20N4O4S2. The van der Waals surface area contributed by atoms with Crippen molar-refractivity contribution in [1.82, 2.24) is 9.80 Å². The van der Waals surface area contributed by atoms with Crippen molar-refractivity contribution in [2.75, 3.05) is 26.2 Å². The van der Waals surface area contributed by atoms with Crippen LogP contribution in [0.4, 0.5) is 0 Å². The molecule has 34 heavy (non-hydrogen) atoms. The molecule has 3 heterocycles. The fourth-order valence-corrected chi connectivity index (χ4v) is 5.57. The summed E-state index contributed by atoms with van der Waals surface area (Å²) in [6.07, 6.45) is 3.31. The first-order valence-electron chi connectivity index (χ1n) is 10.6. The van der Waals surface area contributed by atoms with Crippen LogP contribution in [0.15, 0.2) is 68.3 Å². The maximum atomic E-state index is 12.4. The monoisotopic (exact) mass is 492 g/mol. The van der Waals surface area contributed by atoms with Gasteiger partial charge in [0.05, 0.1) is 9.81 Å². The Morgan fingerprint density at radius 2 is 1.06 bits per heavy atom. The van der Waals surface area contributed by atoms with Crippen LogP contribution in [0.25, 0.3) is 12.2 Å². The summed E-state index contributed by atoms with van der Waals surface area (Å²) in [7, 11) is 0. The Balaban J connectivity index is 1.20. The van der Waals surface area contributed by atoms with Crippen LogP contribution < -0.4 is 0 Å². The quantitative estimate of drug-likeness (QED) is 0.615. The zero-order chi connectivity index (χ0) is 23.7. The zero-order valence-corrected chi connectivity index (χ0v) is 19.6. The van der Waals surface area contributed by atoms with Gasteiger partial charge < -0.3 is 20.0 Å². The highest BCUT2D eigenvalue weighted by molar-refractivity contribution is 8.18. The molecule has 2 N–H and O–H groups in total. The summed E-state index contributed by atoms with van der Waals surface area (Å²) in [6, 6.07) is 13.7. The molecular weight excluding hydrogens is 472 g/mol. The summed E-state index contributed by atoms with van der Waals surface area (Å²) in [4.78, 5) is 38.2. The predicted octanol–water partition coefficient (Wildman–Crippen LogP) is 3.36. The van der Waals surface area contributed by atoms with Crippen molar-refractivity contribution in [3.63, 3.8) is 0 Å². The van der Waals surface area contributed by atoms with Crippen LogP contribution in [0.2, 0.25) is 0 Å². The molecule has 172 valence electrons. The normalized spacial score (nSPS) is 20.9. The third-order valence-corrected chi connectivity index (χ3v) is 7.57. The minimum absolute atomic E-state index is 0.116. The van der Waals surface area contributed by atoms with E-state index in [9.17, 15) is 19.8 Å². The van der Waals surface area contributed by atoms with Gasteiger partial charge in [0.25, 0.3) is 11.8 Å². The van der Waals surface area contributed by atoms with Gasteiger partial charge in [0.2, 0.25) is 0 Å². The SMILES string of the molecule is O=C1N=C(N2CCN(C3=NC(=O)/C(=C\c4ccccc4O)S3)CC2)S/C1=C\c1ccccc1O. The van der Waals surface area contributed by atoms with Gasteiger partial charge in [0, 0.05) is 37.3 Å². The lowest BCUT2D eigenvalue weighted by molar-refractivity contribution is -0.114. The molecule has 2 aromatic carbocycles. The molecule has 5 rings (SSSR count). The van der Waals surface area contributed by atoms with Crippen LogP contribution in [0.3, 0.4) is 0 Å². The summed E-state index contributed by atoms with van der Waals surface area (Å²) >= 11 is 2.60. The summed E-state index contributed by atoms with van der Waals surface area (Å²) in [5.41, 5.74) is 1.15. The smallest absolute Gasteiger partial charge is 0.286 e. The van der Waals surface area contributed by atoms with Crippen molar-refractivity contribution in [1.29, 1.82) is 0 Å². The second-order valence-electron chi connectivity index (χ2n) is 7.71. The summed E-state index contributed by atoms with van der Waals surface area (Å²) in [5, 5.41) is 21.2. The molecule has 0 atom stereocenters. The second-order valence-corrected chi connectivity index (χ2v) is 9.73. The molecule has 2 aromatic rings. The largest absolute Gasteiger partial charge is 0.507 e. The highest BCUT2D eigenvalue weighted by atomic mass is 32.2. The highest BCUT2D eigenvalue weighted by Gasteiger charge is 2.32. The van der Waals surface area contributed by atoms with Gasteiger partial charge in [-0.3, -0.25) is 9.59 Å². The van der Waals surface area contributed by atoms with Crippen molar-refractivity contribution >= 4 is 57.8 Å². The Morgan fingerprint density at radius 3 is 1.44 bits per heavy atom. The van der Waals surface area contributed by atoms with E-state index in [-0.39, 0.29) is 23.3 Å². The lowest BCUT2D eigenvalue weighted by Gasteiger charge is -2.35. The van der Waals surface area contributed by atoms with Crippen molar-refractivity contribution in [2.45, 2.75) is 0 Å². The number of benzene rings is 2. The molecule has 0 unspecified atom stereocenters. The predicted molar refractivity (Wildman–Crippen MR) is 135 cm³/mol. The van der Waals surface area contributed by atoms with Gasteiger partial charge in [-0.2, -0.15) is 9.98 Å². The van der Waals surface area contributed by atoms with E-state index in [4.69, 9.17) is 0 Å². The standard InChI is InChI=1S/C24H20N4O4S2/c29-17-7-3-1-5-15(17)13-19-21(31)25-23(33-19)27-9-11-28(12-10-27)24-26-22(32)20(34-24)14-16-6-2-4-8-18(16)30/h1-8,13-14,29-30H,9-12H2/b19-13-,20-14+. The number of rotatable bonds is 2. The molecule has 2 amide bonds. The summed E-state index contributed by atoms with van der Waals surface area (Å²) in [6.45, 7) is 2.54. The number of carbonyl (C=O) groups excluding carboxylic acids is 2. The number of piperazine rings is 1. The average molecular weight is 493 g/mol. The third-order valence-electron chi connectivity index (χ3n) is 5.49. The van der Waals surface area contributed by atoms with Gasteiger partial charge in [-0.05, 0) is 47.8 Å². The lowest BCUT2D eigenvalue weighted by atomic mass is 10.2. The van der Waals surface area contributed by atoms with Crippen LogP contribution in [0.1, 0.15) is 11.1 Å². The fraction of sp³-hybridized carbons (Fsp3) is 0.167. The molecule has 0 radical (unpaired) electrons. The van der Waals surface area contributed by atoms with Crippen molar-refractivity contribution < 1.29 is 19.8 Å². The van der Waals surface area contributed by atoms with E-state index in [1.807, 2.05) is 9.80 Å². The minimum Gasteiger partial charge on any atom is -0.507 e. The number of phenolic OH excluding ortho intramolecular Hbond substituents is 2. The maximum Gasteiger partial charge on any atom is 0.286 e. The van der Waals surface area contributed by atoms with E-state index in [0.717, 1.165) is 0 Å². The summed E-state index contributed by atoms with van der Waals surface area (Å²) < 4.78 is 0. The molecule has 0 aromatic heterocycles. The molecule has 0 aliphatic carbocycles. The van der Waals surface area contributed by atoms with E-state index in [1.54, 1.807) is 60.7 Å². The number of amides is 2. The highest BCUT2D eigenvalue weighted by Crippen LogP contribution is 2.34. The number of phenols is 2. The number of thioether (sulfide) groups is 2. The van der Waals surface area contributed by atoms with Crippen LogP contribution >= 0.6 is 23.5 Å². The maximum absolute atomic E-state index is 12.4. The molecule has 8 nitrogen and oxygen atoms in total. The summed E-state index contributed by atoms with van der Waals surface area (Å²) in [5.74, 6) is -0.395. The Bertz CT molecular complexity index is 1190. The second kappa shape index (κ2) is 9.40. The Labute approximate surface area is 204 Å². The minimum atomic E-state index is -0.314. The molecule has 1 saturated heterocycles. The van der Waals surface area contributed by atoms with Crippen molar-refractivity contribution in [2.24, 2.45) is 9.98 Å². The first-order chi connectivity index (χ1) is 16.5. The van der Waals surface area contributed by atoms with Crippen LogP contribution in [0.5, 0.6) is 11.5 Å². The number of aliphatic imine (C=N–C) groups is 2. The molecule has 10 heteroatoms. The van der Waals surface area contributed by atoms with Gasteiger partial charge in [0.1, 0.15) is 11.5 Å². The van der Waals surface area contributed by atoms with Gasteiger partial charge in [-0.15, -0.1) is 0 Å². The van der Waals surface area contributed by atoms with E-state index < -0.39 is 0 Å². The van der Waals surface area contributed by atoms with Crippen molar-refractivity contribution in [3.8, 4) is 11.5 Å². The molecule has 0 spiro atoms. The topological polar surface area (TPSA) is 106 Å². The van der Waals surface area contributed by atoms with Gasteiger partial charge in [0.15, 0.2) is 10.3 Å². The van der Waals surface area contributed by atoms with Crippen LogP contribution in [0, 0.1) is 0 Å². The number of aromatic hydroxyl groups is 2. The number of carbonyl (C=O) groups is 2. The van der Waals surface area contributed by atoms with Gasteiger partial charge in [-0.25, -0.2) is 0 Å². The van der Waals surface area contributed by atoms with Gasteiger partial charge in [-0.1, -0.05) is 36.4 Å². The van der Waals surface area contributed by atoms with Crippen molar-refractivity contribution in [3.05, 3.63) is 69.5 Å². The number of amidine groups is 2. The lowest BCUT2D eigenvalue weighted by Crippen LogP contribution is -2.49. The molecule has 1 fully saturated rings. The van der Waals surface area contributed by atoms with E-state index in [1.165, 1.54) is 23.5 Å². The van der Waals surface area contributed by atoms with E-state index >= 15 is 0 Å². The average Bonchev–Trinajstić information content (AvgIpc) is 3.39. The number of para-hydroxylation sites is 2. The molecule has 0 bridgehead atoms. The molecule has 0 saturated carbocycles. The molecule has 3 aliphatic heterocycles. The van der Waals surface area contributed by atoms with Gasteiger partial charge >= 0.3 is 0 Å². The first-order valence-corrected chi connectivity index (χ1v) is 12.2. The zero-order valence-electron chi connectivity index (χ0n) is 17.9. The molecule has 3 aliphatic rings. The fourth-order valence-electron chi connectivity index (χ4n) is 3.66.